The summed E-state index contributed by atoms with van der Waals surface area (Å²) in [6, 6.07) is 15.2. The SMILES string of the molecule is N#Cc1ccc(-c2oc3ccccc3c(=O)c2O)cc1. The molecule has 1 aromatic heterocycles. The van der Waals surface area contributed by atoms with E-state index in [0.717, 1.165) is 0 Å². The molecular formula is C16H9NO3. The lowest BCUT2D eigenvalue weighted by Crippen LogP contribution is -2.02. The summed E-state index contributed by atoms with van der Waals surface area (Å²) in [6.07, 6.45) is 0. The van der Waals surface area contributed by atoms with Crippen molar-refractivity contribution in [1.29, 1.82) is 5.26 Å². The van der Waals surface area contributed by atoms with Crippen LogP contribution in [0.2, 0.25) is 0 Å². The summed E-state index contributed by atoms with van der Waals surface area (Å²) in [5.41, 5.74) is 0.988. The number of para-hydroxylation sites is 1. The number of hydrogen-bond acceptors (Lipinski definition) is 4. The van der Waals surface area contributed by atoms with E-state index in [2.05, 4.69) is 0 Å². The predicted molar refractivity (Wildman–Crippen MR) is 74.3 cm³/mol. The van der Waals surface area contributed by atoms with Gasteiger partial charge >= 0.3 is 0 Å². The van der Waals surface area contributed by atoms with Gasteiger partial charge < -0.3 is 9.52 Å². The zero-order valence-corrected chi connectivity index (χ0v) is 10.3. The Labute approximate surface area is 114 Å². The first kappa shape index (κ1) is 12.0. The molecule has 0 amide bonds. The van der Waals surface area contributed by atoms with E-state index in [1.54, 1.807) is 48.5 Å². The van der Waals surface area contributed by atoms with Crippen LogP contribution in [0.5, 0.6) is 5.75 Å². The lowest BCUT2D eigenvalue weighted by Gasteiger charge is -2.05. The quantitative estimate of drug-likeness (QED) is 0.732. The van der Waals surface area contributed by atoms with E-state index >= 15 is 0 Å². The van der Waals surface area contributed by atoms with Gasteiger partial charge in [-0.2, -0.15) is 5.26 Å². The molecule has 0 unspecified atom stereocenters. The molecule has 2 aromatic carbocycles. The van der Waals surface area contributed by atoms with Crippen LogP contribution >= 0.6 is 0 Å². The molecule has 0 fully saturated rings. The maximum absolute atomic E-state index is 12.1. The van der Waals surface area contributed by atoms with Crippen molar-refractivity contribution in [1.82, 2.24) is 0 Å². The Morgan fingerprint density at radius 3 is 2.45 bits per heavy atom. The molecule has 96 valence electrons. The minimum absolute atomic E-state index is 0.109. The van der Waals surface area contributed by atoms with Crippen LogP contribution in [0.4, 0.5) is 0 Å². The summed E-state index contributed by atoms with van der Waals surface area (Å²) >= 11 is 0. The maximum atomic E-state index is 12.1. The predicted octanol–water partition coefficient (Wildman–Crippen LogP) is 3.04. The number of fused-ring (bicyclic) bond motifs is 1. The van der Waals surface area contributed by atoms with Crippen LogP contribution in [-0.2, 0) is 0 Å². The Hall–Kier alpha value is -3.06. The normalized spacial score (nSPS) is 10.3. The highest BCUT2D eigenvalue weighted by atomic mass is 16.4. The average molecular weight is 263 g/mol. The molecular weight excluding hydrogens is 254 g/mol. The van der Waals surface area contributed by atoms with Gasteiger partial charge in [-0.15, -0.1) is 0 Å². The van der Waals surface area contributed by atoms with Gasteiger partial charge in [-0.05, 0) is 36.4 Å². The van der Waals surface area contributed by atoms with Crippen LogP contribution in [0.1, 0.15) is 5.56 Å². The molecule has 0 radical (unpaired) electrons. The van der Waals surface area contributed by atoms with Gasteiger partial charge in [0.2, 0.25) is 11.2 Å². The molecule has 0 bridgehead atoms. The highest BCUT2D eigenvalue weighted by molar-refractivity contribution is 5.81. The Morgan fingerprint density at radius 1 is 1.05 bits per heavy atom. The van der Waals surface area contributed by atoms with Crippen molar-refractivity contribution in [3.8, 4) is 23.1 Å². The topological polar surface area (TPSA) is 74.2 Å². The van der Waals surface area contributed by atoms with E-state index in [-0.39, 0.29) is 5.76 Å². The number of rotatable bonds is 1. The van der Waals surface area contributed by atoms with Gasteiger partial charge in [-0.3, -0.25) is 4.79 Å². The minimum Gasteiger partial charge on any atom is -0.502 e. The Balaban J connectivity index is 2.28. The third-order valence-corrected chi connectivity index (χ3v) is 3.05. The van der Waals surface area contributed by atoms with E-state index in [9.17, 15) is 9.90 Å². The summed E-state index contributed by atoms with van der Waals surface area (Å²) in [7, 11) is 0. The van der Waals surface area contributed by atoms with Crippen molar-refractivity contribution in [3.63, 3.8) is 0 Å². The van der Waals surface area contributed by atoms with E-state index in [1.807, 2.05) is 6.07 Å². The van der Waals surface area contributed by atoms with Crippen LogP contribution in [0.3, 0.4) is 0 Å². The number of aromatic hydroxyl groups is 1. The van der Waals surface area contributed by atoms with E-state index < -0.39 is 11.2 Å². The van der Waals surface area contributed by atoms with Crippen LogP contribution < -0.4 is 5.43 Å². The summed E-state index contributed by atoms with van der Waals surface area (Å²) in [5.74, 6) is -0.313. The first-order valence-corrected chi connectivity index (χ1v) is 5.96. The molecule has 0 aliphatic carbocycles. The Morgan fingerprint density at radius 2 is 1.75 bits per heavy atom. The molecule has 4 heteroatoms. The van der Waals surface area contributed by atoms with Crippen molar-refractivity contribution in [2.75, 3.05) is 0 Å². The number of nitriles is 1. The lowest BCUT2D eigenvalue weighted by molar-refractivity contribution is 0.449. The van der Waals surface area contributed by atoms with Gasteiger partial charge in [-0.1, -0.05) is 12.1 Å². The van der Waals surface area contributed by atoms with E-state index in [1.165, 1.54) is 0 Å². The van der Waals surface area contributed by atoms with Gasteiger partial charge in [0.05, 0.1) is 17.0 Å². The molecule has 0 saturated heterocycles. The molecule has 1 N–H and O–H groups in total. The second-order valence-electron chi connectivity index (χ2n) is 4.29. The van der Waals surface area contributed by atoms with Crippen LogP contribution in [0.25, 0.3) is 22.3 Å². The fourth-order valence-corrected chi connectivity index (χ4v) is 2.02. The zero-order chi connectivity index (χ0) is 14.1. The molecule has 0 spiro atoms. The second-order valence-corrected chi connectivity index (χ2v) is 4.29. The number of hydrogen-bond donors (Lipinski definition) is 1. The zero-order valence-electron chi connectivity index (χ0n) is 10.3. The summed E-state index contributed by atoms with van der Waals surface area (Å²) < 4.78 is 5.60. The van der Waals surface area contributed by atoms with Gasteiger partial charge in [0.1, 0.15) is 5.58 Å². The minimum atomic E-state index is -0.466. The largest absolute Gasteiger partial charge is 0.502 e. The maximum Gasteiger partial charge on any atom is 0.235 e. The third-order valence-electron chi connectivity index (χ3n) is 3.05. The lowest BCUT2D eigenvalue weighted by atomic mass is 10.1. The molecule has 0 atom stereocenters. The fraction of sp³-hybridized carbons (Fsp3) is 0. The average Bonchev–Trinajstić information content (AvgIpc) is 2.51. The molecule has 3 rings (SSSR count). The molecule has 1 heterocycles. The monoisotopic (exact) mass is 263 g/mol. The van der Waals surface area contributed by atoms with Crippen molar-refractivity contribution in [3.05, 3.63) is 64.3 Å². The van der Waals surface area contributed by atoms with Gasteiger partial charge in [0.25, 0.3) is 0 Å². The van der Waals surface area contributed by atoms with E-state index in [4.69, 9.17) is 9.68 Å². The second kappa shape index (κ2) is 4.56. The van der Waals surface area contributed by atoms with Crippen molar-refractivity contribution in [2.45, 2.75) is 0 Å². The van der Waals surface area contributed by atoms with Crippen LogP contribution in [-0.4, -0.2) is 5.11 Å². The molecule has 4 nitrogen and oxygen atoms in total. The molecule has 0 saturated carbocycles. The van der Waals surface area contributed by atoms with Crippen LogP contribution in [0, 0.1) is 11.3 Å². The van der Waals surface area contributed by atoms with Gasteiger partial charge in [-0.25, -0.2) is 0 Å². The van der Waals surface area contributed by atoms with Crippen molar-refractivity contribution in [2.24, 2.45) is 0 Å². The molecule has 20 heavy (non-hydrogen) atoms. The fourth-order valence-electron chi connectivity index (χ4n) is 2.02. The molecule has 0 aliphatic rings. The third kappa shape index (κ3) is 1.82. The highest BCUT2D eigenvalue weighted by Gasteiger charge is 2.14. The van der Waals surface area contributed by atoms with Gasteiger partial charge in [0, 0.05) is 5.56 Å². The summed E-state index contributed by atoms with van der Waals surface area (Å²) in [4.78, 5) is 12.1. The van der Waals surface area contributed by atoms with Crippen molar-refractivity contribution >= 4 is 11.0 Å². The molecule has 0 aliphatic heterocycles. The van der Waals surface area contributed by atoms with Gasteiger partial charge in [0.15, 0.2) is 5.76 Å². The first-order chi connectivity index (χ1) is 9.70. The smallest absolute Gasteiger partial charge is 0.235 e. The summed E-state index contributed by atoms with van der Waals surface area (Å²) in [6.45, 7) is 0. The van der Waals surface area contributed by atoms with Crippen LogP contribution in [0.15, 0.2) is 57.7 Å². The number of nitrogens with zero attached hydrogens (tertiary/aromatic N) is 1. The number of benzene rings is 2. The summed E-state index contributed by atoms with van der Waals surface area (Å²) in [5, 5.41) is 19.1. The Kier molecular flexibility index (Phi) is 2.73. The first-order valence-electron chi connectivity index (χ1n) is 5.96. The van der Waals surface area contributed by atoms with Crippen molar-refractivity contribution < 1.29 is 9.52 Å². The van der Waals surface area contributed by atoms with E-state index in [0.29, 0.717) is 22.1 Å². The Bertz CT molecular complexity index is 886. The standard InChI is InChI=1S/C16H9NO3/c17-9-10-5-7-11(8-6-10)16-15(19)14(18)12-3-1-2-4-13(12)20-16/h1-8,19H. The molecule has 3 aromatic rings. The highest BCUT2D eigenvalue weighted by Crippen LogP contribution is 2.29.